The van der Waals surface area contributed by atoms with E-state index in [4.69, 9.17) is 0 Å². The molecule has 26 heavy (non-hydrogen) atoms. The number of allylic oxidation sites excluding steroid dienone is 8. The first kappa shape index (κ1) is 21.1. The van der Waals surface area contributed by atoms with Crippen molar-refractivity contribution in [2.24, 2.45) is 0 Å². The van der Waals surface area contributed by atoms with Gasteiger partial charge in [-0.15, -0.1) is 20.4 Å². The van der Waals surface area contributed by atoms with Gasteiger partial charge in [0.2, 0.25) is 11.6 Å². The van der Waals surface area contributed by atoms with E-state index in [1.807, 2.05) is 48.6 Å². The molecule has 0 aromatic carbocycles. The van der Waals surface area contributed by atoms with Crippen LogP contribution in [0, 0.1) is 0 Å². The second-order valence-electron chi connectivity index (χ2n) is 5.43. The Labute approximate surface area is 196 Å². The zero-order valence-corrected chi connectivity index (χ0v) is 18.7. The van der Waals surface area contributed by atoms with Crippen LogP contribution in [0.3, 0.4) is 0 Å². The fraction of sp³-hybridized carbons (Fsp3) is 0.267. The average molecular weight is 370 g/mol. The van der Waals surface area contributed by atoms with Gasteiger partial charge in [-0.2, -0.15) is 9.59 Å². The molecule has 2 aromatic rings. The zero-order valence-electron chi connectivity index (χ0n) is 16.7. The van der Waals surface area contributed by atoms with Gasteiger partial charge < -0.3 is 2.85 Å². The maximum atomic E-state index is 12.4. The van der Waals surface area contributed by atoms with E-state index in [2.05, 4.69) is 30.8 Å². The minimum Gasteiger partial charge on any atom is -1.00 e. The van der Waals surface area contributed by atoms with Crippen molar-refractivity contribution in [3.8, 4) is 0 Å². The average Bonchev–Trinajstić information content (AvgIpc) is 3.33. The Bertz CT molecular complexity index is 822. The summed E-state index contributed by atoms with van der Waals surface area (Å²) >= 11 is 0. The van der Waals surface area contributed by atoms with Gasteiger partial charge in [-0.3, -0.25) is 4.79 Å². The first-order chi connectivity index (χ1) is 11.8. The maximum absolute atomic E-state index is 12.4. The second-order valence-corrected chi connectivity index (χ2v) is 5.43. The van der Waals surface area contributed by atoms with Gasteiger partial charge in [0, 0.05) is 0 Å². The number of hydrogen-bond donors (Lipinski definition) is 0. The number of rotatable bonds is 4. The summed E-state index contributed by atoms with van der Waals surface area (Å²) in [5.41, 5.74) is 0. The molecule has 124 valence electrons. The molecular formula is C15H16N8Na2O. The van der Waals surface area contributed by atoms with Crippen LogP contribution in [0.5, 0.6) is 0 Å². The van der Waals surface area contributed by atoms with Gasteiger partial charge in [0.15, 0.2) is 0 Å². The Morgan fingerprint density at radius 1 is 0.846 bits per heavy atom. The Balaban J connectivity index is 0.00000182. The number of carbonyl (C=O) groups is 1. The SMILES string of the molecule is O=C(c1nnn(C2C=CC=CC2)n1)c1nnn(C2C=CC=CC2)n1.[H-].[H-].[Na+].[Na+]. The molecule has 11 heteroatoms. The molecule has 2 aliphatic carbocycles. The summed E-state index contributed by atoms with van der Waals surface area (Å²) in [4.78, 5) is 15.3. The third kappa shape index (κ3) is 4.54. The van der Waals surface area contributed by atoms with Crippen LogP contribution in [0.15, 0.2) is 48.6 Å². The Kier molecular flexibility index (Phi) is 7.81. The summed E-state index contributed by atoms with van der Waals surface area (Å²) < 4.78 is 0. The molecule has 4 rings (SSSR count). The number of ketones is 1. The first-order valence-corrected chi connectivity index (χ1v) is 7.61. The van der Waals surface area contributed by atoms with Crippen molar-refractivity contribution >= 4 is 5.78 Å². The van der Waals surface area contributed by atoms with E-state index in [9.17, 15) is 4.79 Å². The van der Waals surface area contributed by atoms with E-state index in [1.54, 1.807) is 0 Å². The van der Waals surface area contributed by atoms with Crippen molar-refractivity contribution in [3.05, 3.63) is 60.3 Å². The van der Waals surface area contributed by atoms with Crippen LogP contribution in [0.1, 0.15) is 44.2 Å². The molecule has 0 bridgehead atoms. The van der Waals surface area contributed by atoms with Crippen LogP contribution in [-0.4, -0.2) is 46.2 Å². The smallest absolute Gasteiger partial charge is 1.00 e. The standard InChI is InChI=1S/C15H14N8O.2Na.2H/c24-13(14-16-20-22(18-14)11-7-3-1-4-8-11)15-17-21-23(19-15)12-9-5-2-6-10-12;;;;/h1-7,9,11-12H,8,10H2;;;;/q;2*+1;2*-1. The predicted molar refractivity (Wildman–Crippen MR) is 85.2 cm³/mol. The van der Waals surface area contributed by atoms with Crippen LogP contribution >= 0.6 is 0 Å². The number of carbonyl (C=O) groups excluding carboxylic acids is 1. The van der Waals surface area contributed by atoms with Crippen molar-refractivity contribution in [2.75, 3.05) is 0 Å². The van der Waals surface area contributed by atoms with Gasteiger partial charge in [-0.1, -0.05) is 48.6 Å². The molecule has 2 unspecified atom stereocenters. The van der Waals surface area contributed by atoms with Gasteiger partial charge in [-0.25, -0.2) is 0 Å². The first-order valence-electron chi connectivity index (χ1n) is 7.61. The predicted octanol–water partition coefficient (Wildman–Crippen LogP) is -4.76. The summed E-state index contributed by atoms with van der Waals surface area (Å²) in [6.45, 7) is 0. The molecule has 2 aliphatic rings. The molecule has 2 aromatic heterocycles. The third-order valence-corrected chi connectivity index (χ3v) is 3.77. The molecule has 0 fully saturated rings. The van der Waals surface area contributed by atoms with Crippen molar-refractivity contribution in [1.82, 2.24) is 40.4 Å². The van der Waals surface area contributed by atoms with E-state index in [-0.39, 0.29) is 85.7 Å². The summed E-state index contributed by atoms with van der Waals surface area (Å²) in [6.07, 6.45) is 17.2. The Morgan fingerprint density at radius 2 is 1.31 bits per heavy atom. The Hall–Kier alpha value is -1.23. The molecular weight excluding hydrogens is 354 g/mol. The molecule has 0 saturated heterocycles. The Morgan fingerprint density at radius 3 is 1.69 bits per heavy atom. The largest absolute Gasteiger partial charge is 1.00 e. The van der Waals surface area contributed by atoms with Gasteiger partial charge >= 0.3 is 59.1 Å². The summed E-state index contributed by atoms with van der Waals surface area (Å²) in [5.74, 6) is -0.550. The fourth-order valence-corrected chi connectivity index (χ4v) is 2.49. The van der Waals surface area contributed by atoms with E-state index in [0.717, 1.165) is 12.8 Å². The van der Waals surface area contributed by atoms with Gasteiger partial charge in [0.1, 0.15) is 0 Å². The summed E-state index contributed by atoms with van der Waals surface area (Å²) in [6, 6.07) is -0.0706. The molecule has 0 N–H and O–H groups in total. The quantitative estimate of drug-likeness (QED) is 0.393. The minimum atomic E-state index is -0.488. The van der Waals surface area contributed by atoms with Crippen molar-refractivity contribution in [1.29, 1.82) is 0 Å². The summed E-state index contributed by atoms with van der Waals surface area (Å²) in [5, 5.41) is 23.8. The van der Waals surface area contributed by atoms with Crippen LogP contribution in [0.4, 0.5) is 0 Å². The van der Waals surface area contributed by atoms with Crippen molar-refractivity contribution < 1.29 is 66.8 Å². The molecule has 2 heterocycles. The van der Waals surface area contributed by atoms with Crippen LogP contribution in [0.25, 0.3) is 0 Å². The minimum absolute atomic E-state index is 0. The van der Waals surface area contributed by atoms with Gasteiger partial charge in [-0.05, 0) is 23.3 Å². The normalized spacial score (nSPS) is 20.5. The van der Waals surface area contributed by atoms with Gasteiger partial charge in [0.25, 0.3) is 5.78 Å². The third-order valence-electron chi connectivity index (χ3n) is 3.77. The number of nitrogens with zero attached hydrogens (tertiary/aromatic N) is 8. The zero-order chi connectivity index (χ0) is 16.4. The molecule has 0 radical (unpaired) electrons. The fourth-order valence-electron chi connectivity index (χ4n) is 2.49. The molecule has 0 saturated carbocycles. The topological polar surface area (TPSA) is 104 Å². The van der Waals surface area contributed by atoms with Crippen LogP contribution in [-0.2, 0) is 0 Å². The summed E-state index contributed by atoms with van der Waals surface area (Å²) in [7, 11) is 0. The van der Waals surface area contributed by atoms with Crippen LogP contribution in [0.2, 0.25) is 0 Å². The maximum Gasteiger partial charge on any atom is 1.00 e. The van der Waals surface area contributed by atoms with E-state index in [0.29, 0.717) is 0 Å². The van der Waals surface area contributed by atoms with Crippen molar-refractivity contribution in [3.63, 3.8) is 0 Å². The number of tetrazole rings is 2. The number of hydrogen-bond acceptors (Lipinski definition) is 7. The van der Waals surface area contributed by atoms with Crippen LogP contribution < -0.4 is 59.1 Å². The monoisotopic (exact) mass is 370 g/mol. The van der Waals surface area contributed by atoms with E-state index in [1.165, 1.54) is 9.59 Å². The number of aromatic nitrogens is 8. The molecule has 2 atom stereocenters. The van der Waals surface area contributed by atoms with Crippen molar-refractivity contribution in [2.45, 2.75) is 24.9 Å². The van der Waals surface area contributed by atoms with E-state index < -0.39 is 5.78 Å². The molecule has 0 aliphatic heterocycles. The van der Waals surface area contributed by atoms with Gasteiger partial charge in [0.05, 0.1) is 12.1 Å². The molecule has 0 amide bonds. The second kappa shape index (κ2) is 9.63. The van der Waals surface area contributed by atoms with E-state index >= 15 is 0 Å². The molecule has 9 nitrogen and oxygen atoms in total. The molecule has 0 spiro atoms.